The zero-order valence-corrected chi connectivity index (χ0v) is 7.08. The molecule has 0 spiro atoms. The molecule has 1 fully saturated rings. The number of carbonyl (C=O) groups excluding carboxylic acids is 2. The Morgan fingerprint density at radius 3 is 2.92 bits per heavy atom. The molecule has 0 aromatic heterocycles. The summed E-state index contributed by atoms with van der Waals surface area (Å²) in [5, 5.41) is 0. The summed E-state index contributed by atoms with van der Waals surface area (Å²) in [4.78, 5) is 21.9. The number of ketones is 1. The number of hydrogen-bond donors (Lipinski definition) is 0. The van der Waals surface area contributed by atoms with Crippen molar-refractivity contribution in [3.05, 3.63) is 12.2 Å². The first-order chi connectivity index (χ1) is 5.74. The van der Waals surface area contributed by atoms with Gasteiger partial charge in [0.15, 0.2) is 11.9 Å². The van der Waals surface area contributed by atoms with E-state index in [-0.39, 0.29) is 5.78 Å². The summed E-state index contributed by atoms with van der Waals surface area (Å²) in [5.74, 6) is -0.370. The molecule has 12 heavy (non-hydrogen) atoms. The molecule has 1 atom stereocenters. The van der Waals surface area contributed by atoms with Gasteiger partial charge >= 0.3 is 5.97 Å². The Bertz CT molecular complexity index is 218. The minimum absolute atomic E-state index is 0.0489. The lowest BCUT2D eigenvalue weighted by atomic mass is 10.3. The van der Waals surface area contributed by atoms with Crippen LogP contribution in [0.1, 0.15) is 26.2 Å². The van der Waals surface area contributed by atoms with Gasteiger partial charge in [-0.3, -0.25) is 4.79 Å². The van der Waals surface area contributed by atoms with Crippen LogP contribution in [0.2, 0.25) is 0 Å². The van der Waals surface area contributed by atoms with Crippen LogP contribution in [0.4, 0.5) is 0 Å². The largest absolute Gasteiger partial charge is 0.451 e. The molecule has 0 amide bonds. The SMILES string of the molecule is C/C=C/C(=O)OC1CCCC1=O. The summed E-state index contributed by atoms with van der Waals surface area (Å²) < 4.78 is 4.89. The summed E-state index contributed by atoms with van der Waals surface area (Å²) in [7, 11) is 0. The van der Waals surface area contributed by atoms with Crippen LogP contribution in [0.5, 0.6) is 0 Å². The van der Waals surface area contributed by atoms with Crippen molar-refractivity contribution in [2.24, 2.45) is 0 Å². The van der Waals surface area contributed by atoms with Gasteiger partial charge in [-0.15, -0.1) is 0 Å². The Kier molecular flexibility index (Phi) is 3.02. The van der Waals surface area contributed by atoms with Gasteiger partial charge in [0.25, 0.3) is 0 Å². The minimum Gasteiger partial charge on any atom is -0.451 e. The zero-order valence-electron chi connectivity index (χ0n) is 7.08. The van der Waals surface area contributed by atoms with Crippen molar-refractivity contribution in [1.82, 2.24) is 0 Å². The maximum Gasteiger partial charge on any atom is 0.331 e. The number of esters is 1. The van der Waals surface area contributed by atoms with Crippen molar-refractivity contribution in [3.63, 3.8) is 0 Å². The van der Waals surface area contributed by atoms with Gasteiger partial charge in [0.1, 0.15) is 0 Å². The third-order valence-corrected chi connectivity index (χ3v) is 1.81. The van der Waals surface area contributed by atoms with E-state index in [9.17, 15) is 9.59 Å². The van der Waals surface area contributed by atoms with Crippen LogP contribution < -0.4 is 0 Å². The molecule has 1 unspecified atom stereocenters. The van der Waals surface area contributed by atoms with Crippen LogP contribution >= 0.6 is 0 Å². The van der Waals surface area contributed by atoms with E-state index in [2.05, 4.69) is 0 Å². The van der Waals surface area contributed by atoms with E-state index in [1.807, 2.05) is 0 Å². The van der Waals surface area contributed by atoms with Crippen LogP contribution in [-0.2, 0) is 14.3 Å². The summed E-state index contributed by atoms with van der Waals surface area (Å²) >= 11 is 0. The van der Waals surface area contributed by atoms with Gasteiger partial charge in [0, 0.05) is 12.5 Å². The highest BCUT2D eigenvalue weighted by molar-refractivity contribution is 5.89. The average Bonchev–Trinajstić information content (AvgIpc) is 2.37. The fourth-order valence-corrected chi connectivity index (χ4v) is 1.22. The van der Waals surface area contributed by atoms with E-state index in [0.717, 1.165) is 6.42 Å². The number of ether oxygens (including phenoxy) is 1. The van der Waals surface area contributed by atoms with Crippen LogP contribution in [0.3, 0.4) is 0 Å². The second kappa shape index (κ2) is 4.04. The number of hydrogen-bond acceptors (Lipinski definition) is 3. The van der Waals surface area contributed by atoms with Gasteiger partial charge < -0.3 is 4.74 Å². The first-order valence-electron chi connectivity index (χ1n) is 4.10. The Hall–Kier alpha value is -1.12. The number of carbonyl (C=O) groups is 2. The molecule has 1 aliphatic carbocycles. The van der Waals surface area contributed by atoms with Gasteiger partial charge in [-0.1, -0.05) is 6.08 Å². The summed E-state index contributed by atoms with van der Waals surface area (Å²) in [6, 6.07) is 0. The van der Waals surface area contributed by atoms with Gasteiger partial charge in [0.2, 0.25) is 0 Å². The van der Waals surface area contributed by atoms with E-state index < -0.39 is 12.1 Å². The first kappa shape index (κ1) is 8.97. The maximum atomic E-state index is 11.0. The second-order valence-corrected chi connectivity index (χ2v) is 2.78. The summed E-state index contributed by atoms with van der Waals surface area (Å²) in [6.45, 7) is 1.73. The van der Waals surface area contributed by atoms with Crippen molar-refractivity contribution < 1.29 is 14.3 Å². The molecule has 0 heterocycles. The lowest BCUT2D eigenvalue weighted by Gasteiger charge is -2.06. The van der Waals surface area contributed by atoms with Crippen molar-refractivity contribution in [2.45, 2.75) is 32.3 Å². The van der Waals surface area contributed by atoms with Crippen LogP contribution in [0.15, 0.2) is 12.2 Å². The van der Waals surface area contributed by atoms with Crippen molar-refractivity contribution in [1.29, 1.82) is 0 Å². The molecule has 66 valence electrons. The van der Waals surface area contributed by atoms with Gasteiger partial charge in [-0.05, 0) is 19.8 Å². The highest BCUT2D eigenvalue weighted by Crippen LogP contribution is 2.17. The molecule has 1 aliphatic rings. The van der Waals surface area contributed by atoms with Crippen molar-refractivity contribution in [2.75, 3.05) is 0 Å². The topological polar surface area (TPSA) is 43.4 Å². The maximum absolute atomic E-state index is 11.0. The Morgan fingerprint density at radius 2 is 2.42 bits per heavy atom. The lowest BCUT2D eigenvalue weighted by molar-refractivity contribution is -0.148. The zero-order chi connectivity index (χ0) is 8.97. The third-order valence-electron chi connectivity index (χ3n) is 1.81. The molecule has 0 bridgehead atoms. The van der Waals surface area contributed by atoms with E-state index >= 15 is 0 Å². The standard InChI is InChI=1S/C9H12O3/c1-2-4-9(11)12-8-6-3-5-7(8)10/h2,4,8H,3,5-6H2,1H3/b4-2+. The van der Waals surface area contributed by atoms with Crippen LogP contribution in [0.25, 0.3) is 0 Å². The molecule has 3 nitrogen and oxygen atoms in total. The summed E-state index contributed by atoms with van der Waals surface area (Å²) in [6.07, 6.45) is 4.52. The Labute approximate surface area is 71.4 Å². The predicted octanol–water partition coefficient (Wildman–Crippen LogP) is 1.23. The molecule has 1 rings (SSSR count). The third kappa shape index (κ3) is 2.19. The van der Waals surface area contributed by atoms with E-state index in [1.54, 1.807) is 13.0 Å². The smallest absolute Gasteiger partial charge is 0.331 e. The van der Waals surface area contributed by atoms with Gasteiger partial charge in [-0.25, -0.2) is 4.79 Å². The van der Waals surface area contributed by atoms with E-state index in [0.29, 0.717) is 12.8 Å². The molecule has 0 radical (unpaired) electrons. The fourth-order valence-electron chi connectivity index (χ4n) is 1.22. The Morgan fingerprint density at radius 1 is 1.67 bits per heavy atom. The molecule has 0 aromatic carbocycles. The van der Waals surface area contributed by atoms with Gasteiger partial charge in [-0.2, -0.15) is 0 Å². The van der Waals surface area contributed by atoms with E-state index in [1.165, 1.54) is 6.08 Å². The van der Waals surface area contributed by atoms with Crippen LogP contribution in [0, 0.1) is 0 Å². The second-order valence-electron chi connectivity index (χ2n) is 2.78. The molecule has 3 heteroatoms. The number of allylic oxidation sites excluding steroid dienone is 1. The van der Waals surface area contributed by atoms with E-state index in [4.69, 9.17) is 4.74 Å². The molecule has 0 saturated heterocycles. The normalized spacial score (nSPS) is 23.4. The summed E-state index contributed by atoms with van der Waals surface area (Å²) in [5.41, 5.74) is 0. The quantitative estimate of drug-likeness (QED) is 0.460. The molecule has 0 aliphatic heterocycles. The minimum atomic E-state index is -0.478. The highest BCUT2D eigenvalue weighted by Gasteiger charge is 2.26. The number of Topliss-reactive ketones (excluding diaryl/α,β-unsaturated/α-hetero) is 1. The molecular weight excluding hydrogens is 156 g/mol. The first-order valence-corrected chi connectivity index (χ1v) is 4.10. The average molecular weight is 168 g/mol. The fraction of sp³-hybridized carbons (Fsp3) is 0.556. The predicted molar refractivity (Wildman–Crippen MR) is 43.6 cm³/mol. The lowest BCUT2D eigenvalue weighted by Crippen LogP contribution is -2.20. The van der Waals surface area contributed by atoms with Crippen molar-refractivity contribution >= 4 is 11.8 Å². The highest BCUT2D eigenvalue weighted by atomic mass is 16.5. The van der Waals surface area contributed by atoms with Gasteiger partial charge in [0.05, 0.1) is 0 Å². The van der Waals surface area contributed by atoms with Crippen molar-refractivity contribution in [3.8, 4) is 0 Å². The molecular formula is C9H12O3. The Balaban J connectivity index is 2.40. The monoisotopic (exact) mass is 168 g/mol. The van der Waals surface area contributed by atoms with Crippen LogP contribution in [-0.4, -0.2) is 17.9 Å². The molecule has 0 aromatic rings. The molecule has 0 N–H and O–H groups in total. The molecule has 1 saturated carbocycles. The number of rotatable bonds is 2.